The van der Waals surface area contributed by atoms with Crippen molar-refractivity contribution in [1.29, 1.82) is 0 Å². The molecule has 5 nitrogen and oxygen atoms in total. The maximum Gasteiger partial charge on any atom is 0.241 e. The van der Waals surface area contributed by atoms with Gasteiger partial charge in [0, 0.05) is 29.4 Å². The molecule has 0 saturated carbocycles. The SMILES string of the molecule is CCN(C)CCNS(=O)(=O)c1cc(CNC)sc1C. The van der Waals surface area contributed by atoms with Gasteiger partial charge in [-0.15, -0.1) is 11.3 Å². The molecule has 0 amide bonds. The Morgan fingerprint density at radius 3 is 2.68 bits per heavy atom. The molecule has 2 N–H and O–H groups in total. The highest BCUT2D eigenvalue weighted by Crippen LogP contribution is 2.25. The summed E-state index contributed by atoms with van der Waals surface area (Å²) in [4.78, 5) is 4.34. The molecule has 0 spiro atoms. The maximum atomic E-state index is 12.2. The number of hydrogen-bond donors (Lipinski definition) is 2. The van der Waals surface area contributed by atoms with E-state index >= 15 is 0 Å². The molecule has 0 fully saturated rings. The first-order valence-corrected chi connectivity index (χ1v) is 8.62. The van der Waals surface area contributed by atoms with Crippen LogP contribution in [0.2, 0.25) is 0 Å². The topological polar surface area (TPSA) is 61.4 Å². The summed E-state index contributed by atoms with van der Waals surface area (Å²) in [6.45, 7) is 6.63. The van der Waals surface area contributed by atoms with Crippen LogP contribution in [0.1, 0.15) is 16.7 Å². The summed E-state index contributed by atoms with van der Waals surface area (Å²) in [7, 11) is 0.430. The predicted octanol–water partition coefficient (Wildman–Crippen LogP) is 1.01. The Labute approximate surface area is 120 Å². The molecule has 1 aromatic rings. The van der Waals surface area contributed by atoms with Crippen molar-refractivity contribution >= 4 is 21.4 Å². The minimum Gasteiger partial charge on any atom is -0.315 e. The summed E-state index contributed by atoms with van der Waals surface area (Å²) < 4.78 is 27.0. The van der Waals surface area contributed by atoms with Crippen molar-refractivity contribution in [1.82, 2.24) is 14.9 Å². The van der Waals surface area contributed by atoms with E-state index in [2.05, 4.69) is 14.9 Å². The van der Waals surface area contributed by atoms with Crippen molar-refractivity contribution in [2.75, 3.05) is 33.7 Å². The fourth-order valence-corrected chi connectivity index (χ4v) is 4.33. The quantitative estimate of drug-likeness (QED) is 0.752. The molecule has 0 aromatic carbocycles. The summed E-state index contributed by atoms with van der Waals surface area (Å²) in [6.07, 6.45) is 0. The van der Waals surface area contributed by atoms with E-state index in [9.17, 15) is 8.42 Å². The Bertz CT molecular complexity index is 497. The van der Waals surface area contributed by atoms with E-state index in [0.717, 1.165) is 16.3 Å². The van der Waals surface area contributed by atoms with Gasteiger partial charge in [-0.2, -0.15) is 0 Å². The highest BCUT2D eigenvalue weighted by Gasteiger charge is 2.19. The van der Waals surface area contributed by atoms with Crippen LogP contribution in [0.15, 0.2) is 11.0 Å². The lowest BCUT2D eigenvalue weighted by molar-refractivity contribution is 0.358. The first kappa shape index (κ1) is 16.6. The molecule has 1 rings (SSSR count). The summed E-state index contributed by atoms with van der Waals surface area (Å²) in [5.74, 6) is 0. The highest BCUT2D eigenvalue weighted by molar-refractivity contribution is 7.89. The zero-order valence-electron chi connectivity index (χ0n) is 12.0. The van der Waals surface area contributed by atoms with Gasteiger partial charge in [0.15, 0.2) is 0 Å². The van der Waals surface area contributed by atoms with Gasteiger partial charge in [-0.25, -0.2) is 13.1 Å². The van der Waals surface area contributed by atoms with Crippen LogP contribution in [-0.2, 0) is 16.6 Å². The molecule has 0 bridgehead atoms. The predicted molar refractivity (Wildman–Crippen MR) is 80.2 cm³/mol. The highest BCUT2D eigenvalue weighted by atomic mass is 32.2. The number of likely N-dealkylation sites (N-methyl/N-ethyl adjacent to an activating group) is 1. The number of nitrogens with zero attached hydrogens (tertiary/aromatic N) is 1. The molecule has 0 atom stereocenters. The molecule has 1 heterocycles. The fourth-order valence-electron chi connectivity index (χ4n) is 1.66. The molecule has 7 heteroatoms. The molecule has 0 radical (unpaired) electrons. The van der Waals surface area contributed by atoms with E-state index in [0.29, 0.717) is 24.5 Å². The van der Waals surface area contributed by atoms with Gasteiger partial charge in [0.25, 0.3) is 0 Å². The van der Waals surface area contributed by atoms with Crippen LogP contribution >= 0.6 is 11.3 Å². The van der Waals surface area contributed by atoms with E-state index in [-0.39, 0.29) is 0 Å². The first-order chi connectivity index (χ1) is 8.90. The van der Waals surface area contributed by atoms with Crippen LogP contribution < -0.4 is 10.0 Å². The molecular weight excluding hydrogens is 282 g/mol. The Kier molecular flexibility index (Phi) is 6.41. The minimum atomic E-state index is -3.39. The number of rotatable bonds is 8. The van der Waals surface area contributed by atoms with Crippen LogP contribution in [-0.4, -0.2) is 47.0 Å². The second kappa shape index (κ2) is 7.35. The largest absolute Gasteiger partial charge is 0.315 e. The molecule has 1 aromatic heterocycles. The monoisotopic (exact) mass is 305 g/mol. The number of sulfonamides is 1. The van der Waals surface area contributed by atoms with Crippen LogP contribution in [0.5, 0.6) is 0 Å². The normalized spacial score (nSPS) is 12.3. The van der Waals surface area contributed by atoms with E-state index in [1.807, 2.05) is 27.9 Å². The van der Waals surface area contributed by atoms with Gasteiger partial charge >= 0.3 is 0 Å². The summed E-state index contributed by atoms with van der Waals surface area (Å²) in [6, 6.07) is 1.75. The Morgan fingerprint density at radius 2 is 2.11 bits per heavy atom. The van der Waals surface area contributed by atoms with Crippen molar-refractivity contribution in [3.8, 4) is 0 Å². The average Bonchev–Trinajstić information content (AvgIpc) is 2.71. The zero-order chi connectivity index (χ0) is 14.5. The average molecular weight is 305 g/mol. The summed E-state index contributed by atoms with van der Waals surface area (Å²) in [5, 5.41) is 3.03. The Balaban J connectivity index is 2.71. The lowest BCUT2D eigenvalue weighted by atomic mass is 10.4. The van der Waals surface area contributed by atoms with Gasteiger partial charge < -0.3 is 10.2 Å². The van der Waals surface area contributed by atoms with Crippen molar-refractivity contribution in [2.45, 2.75) is 25.3 Å². The molecule has 110 valence electrons. The maximum absolute atomic E-state index is 12.2. The van der Waals surface area contributed by atoms with Gasteiger partial charge in [-0.3, -0.25) is 0 Å². The van der Waals surface area contributed by atoms with Crippen molar-refractivity contribution < 1.29 is 8.42 Å². The number of hydrogen-bond acceptors (Lipinski definition) is 5. The summed E-state index contributed by atoms with van der Waals surface area (Å²) in [5.41, 5.74) is 0. The van der Waals surface area contributed by atoms with Gasteiger partial charge in [-0.1, -0.05) is 6.92 Å². The number of nitrogens with one attached hydrogen (secondary N) is 2. The molecule has 0 aliphatic heterocycles. The van der Waals surface area contributed by atoms with Crippen LogP contribution in [0, 0.1) is 6.92 Å². The lowest BCUT2D eigenvalue weighted by Gasteiger charge is -2.14. The third-order valence-electron chi connectivity index (χ3n) is 2.89. The van der Waals surface area contributed by atoms with Gasteiger partial charge in [-0.05, 0) is 33.6 Å². The molecule has 0 aliphatic rings. The fraction of sp³-hybridized carbons (Fsp3) is 0.667. The van der Waals surface area contributed by atoms with Crippen LogP contribution in [0.4, 0.5) is 0 Å². The zero-order valence-corrected chi connectivity index (χ0v) is 13.6. The van der Waals surface area contributed by atoms with E-state index in [1.54, 1.807) is 6.07 Å². The van der Waals surface area contributed by atoms with Crippen molar-refractivity contribution in [3.63, 3.8) is 0 Å². The molecule has 0 unspecified atom stereocenters. The third-order valence-corrected chi connectivity index (χ3v) is 5.66. The van der Waals surface area contributed by atoms with Crippen LogP contribution in [0.25, 0.3) is 0 Å². The molecular formula is C12H23N3O2S2. The van der Waals surface area contributed by atoms with E-state index in [1.165, 1.54) is 11.3 Å². The van der Waals surface area contributed by atoms with Crippen LogP contribution in [0.3, 0.4) is 0 Å². The standard InChI is InChI=1S/C12H23N3O2S2/c1-5-15(4)7-6-14-19(16,17)12-8-11(9-13-3)18-10(12)2/h8,13-14H,5-7,9H2,1-4H3. The van der Waals surface area contributed by atoms with Gasteiger partial charge in [0.2, 0.25) is 10.0 Å². The molecule has 0 aliphatic carbocycles. The Morgan fingerprint density at radius 1 is 1.42 bits per heavy atom. The second-order valence-corrected chi connectivity index (χ2v) is 7.53. The second-order valence-electron chi connectivity index (χ2n) is 4.46. The van der Waals surface area contributed by atoms with E-state index in [4.69, 9.17) is 0 Å². The van der Waals surface area contributed by atoms with Gasteiger partial charge in [0.05, 0.1) is 4.90 Å². The summed E-state index contributed by atoms with van der Waals surface area (Å²) >= 11 is 1.52. The molecule has 0 saturated heterocycles. The minimum absolute atomic E-state index is 0.405. The van der Waals surface area contributed by atoms with Crippen molar-refractivity contribution in [2.24, 2.45) is 0 Å². The van der Waals surface area contributed by atoms with E-state index < -0.39 is 10.0 Å². The molecule has 19 heavy (non-hydrogen) atoms. The Hall–Kier alpha value is -0.470. The van der Waals surface area contributed by atoms with Gasteiger partial charge in [0.1, 0.15) is 0 Å². The number of thiophene rings is 1. The first-order valence-electron chi connectivity index (χ1n) is 6.32. The third kappa shape index (κ3) is 4.85. The number of aryl methyl sites for hydroxylation is 1. The smallest absolute Gasteiger partial charge is 0.241 e. The van der Waals surface area contributed by atoms with Crippen molar-refractivity contribution in [3.05, 3.63) is 15.8 Å². The lowest BCUT2D eigenvalue weighted by Crippen LogP contribution is -2.33.